The van der Waals surface area contributed by atoms with E-state index in [-0.39, 0.29) is 25.7 Å². The lowest BCUT2D eigenvalue weighted by Gasteiger charge is -2.10. The number of alkyl halides is 1. The number of aldehydes is 1. The lowest BCUT2D eigenvalue weighted by Crippen LogP contribution is -2.31. The number of ether oxygens (including phenoxy) is 2. The highest BCUT2D eigenvalue weighted by Crippen LogP contribution is 1.97. The molecule has 0 aliphatic rings. The van der Waals surface area contributed by atoms with Gasteiger partial charge in [0.05, 0.1) is 13.2 Å². The fourth-order valence-corrected chi connectivity index (χ4v) is 1.37. The average Bonchev–Trinajstić information content (AvgIpc) is 2.61. The molecule has 1 amide bonds. The van der Waals surface area contributed by atoms with Gasteiger partial charge >= 0.3 is 0 Å². The van der Waals surface area contributed by atoms with Crippen molar-refractivity contribution in [2.45, 2.75) is 52.6 Å². The summed E-state index contributed by atoms with van der Waals surface area (Å²) in [5.74, 6) is -0.125. The number of nitrogens with one attached hydrogen (secondary N) is 2. The summed E-state index contributed by atoms with van der Waals surface area (Å²) in [4.78, 5) is 20.1. The largest absolute Gasteiger partial charge is 0.378 e. The molecule has 0 fully saturated rings. The van der Waals surface area contributed by atoms with E-state index >= 15 is 0 Å². The number of amides is 1. The number of carbonyl (C=O) groups excluding carboxylic acids is 2. The molecule has 0 aliphatic carbocycles. The Labute approximate surface area is 146 Å². The van der Waals surface area contributed by atoms with E-state index in [2.05, 4.69) is 15.4 Å². The summed E-state index contributed by atoms with van der Waals surface area (Å²) in [6.45, 7) is 7.66. The van der Waals surface area contributed by atoms with E-state index in [0.29, 0.717) is 19.3 Å². The van der Waals surface area contributed by atoms with E-state index in [0.717, 1.165) is 25.8 Å². The Morgan fingerprint density at radius 2 is 1.92 bits per heavy atom. The quantitative estimate of drug-likeness (QED) is 0.392. The zero-order chi connectivity index (χ0) is 19.1. The maximum atomic E-state index is 13.2. The number of halogens is 1. The third kappa shape index (κ3) is 29.0. The minimum Gasteiger partial charge on any atom is -0.378 e. The van der Waals surface area contributed by atoms with Gasteiger partial charge < -0.3 is 24.9 Å². The van der Waals surface area contributed by atoms with E-state index in [9.17, 15) is 14.0 Å². The molecule has 6 nitrogen and oxygen atoms in total. The van der Waals surface area contributed by atoms with Crippen LogP contribution in [0.3, 0.4) is 0 Å². The van der Waals surface area contributed by atoms with E-state index in [1.54, 1.807) is 6.92 Å². The van der Waals surface area contributed by atoms with Crippen molar-refractivity contribution in [1.82, 2.24) is 10.6 Å². The fourth-order valence-electron chi connectivity index (χ4n) is 1.37. The number of rotatable bonds is 13. The lowest BCUT2D eigenvalue weighted by atomic mass is 10.2. The van der Waals surface area contributed by atoms with Crippen molar-refractivity contribution in [3.05, 3.63) is 0 Å². The molecule has 0 aromatic carbocycles. The van der Waals surface area contributed by atoms with Gasteiger partial charge in [-0.15, -0.1) is 0 Å². The number of hydrogen-bond acceptors (Lipinski definition) is 5. The van der Waals surface area contributed by atoms with Gasteiger partial charge in [0, 0.05) is 20.1 Å². The van der Waals surface area contributed by atoms with Crippen LogP contribution in [0.4, 0.5) is 4.39 Å². The second kappa shape index (κ2) is 26.8. The zero-order valence-corrected chi connectivity index (χ0v) is 16.0. The van der Waals surface area contributed by atoms with Crippen LogP contribution in [0, 0.1) is 0 Å². The van der Waals surface area contributed by atoms with Crippen LogP contribution in [0.25, 0.3) is 0 Å². The molecule has 0 aliphatic heterocycles. The van der Waals surface area contributed by atoms with Gasteiger partial charge in [0.25, 0.3) is 0 Å². The van der Waals surface area contributed by atoms with Gasteiger partial charge in [-0.25, -0.2) is 4.39 Å². The Balaban J connectivity index is -0.000000534. The summed E-state index contributed by atoms with van der Waals surface area (Å²) in [6.07, 6.45) is 3.15. The van der Waals surface area contributed by atoms with Crippen LogP contribution in [-0.2, 0) is 19.1 Å². The van der Waals surface area contributed by atoms with Crippen LogP contribution in [0.15, 0.2) is 0 Å². The highest BCUT2D eigenvalue weighted by atomic mass is 19.1. The smallest absolute Gasteiger partial charge is 0.219 e. The molecule has 2 N–H and O–H groups in total. The number of methoxy groups -OCH3 is 1. The van der Waals surface area contributed by atoms with Gasteiger partial charge in [-0.3, -0.25) is 4.79 Å². The van der Waals surface area contributed by atoms with E-state index in [4.69, 9.17) is 4.74 Å². The van der Waals surface area contributed by atoms with Gasteiger partial charge in [-0.05, 0) is 32.9 Å². The molecule has 24 heavy (non-hydrogen) atoms. The lowest BCUT2D eigenvalue weighted by molar-refractivity contribution is -0.121. The minimum atomic E-state index is -1.11. The first-order valence-corrected chi connectivity index (χ1v) is 8.67. The fraction of sp³-hybridized carbons (Fsp3) is 0.882. The first-order chi connectivity index (χ1) is 11.6. The molecule has 0 spiro atoms. The normalized spacial score (nSPS) is 10.6. The SMILES string of the molecule is CC.CCC(=O)NCC(F)COCCCCCNC.COCC=O. The summed E-state index contributed by atoms with van der Waals surface area (Å²) in [5.41, 5.74) is 0. The van der Waals surface area contributed by atoms with Crippen molar-refractivity contribution in [3.63, 3.8) is 0 Å². The van der Waals surface area contributed by atoms with Crippen molar-refractivity contribution < 1.29 is 23.5 Å². The van der Waals surface area contributed by atoms with Crippen LogP contribution >= 0.6 is 0 Å². The molecule has 146 valence electrons. The van der Waals surface area contributed by atoms with Crippen LogP contribution in [0.1, 0.15) is 46.5 Å². The van der Waals surface area contributed by atoms with Crippen LogP contribution in [0.2, 0.25) is 0 Å². The van der Waals surface area contributed by atoms with Gasteiger partial charge in [-0.1, -0.05) is 20.8 Å². The Bertz CT molecular complexity index is 257. The van der Waals surface area contributed by atoms with Gasteiger partial charge in [0.1, 0.15) is 19.1 Å². The molecule has 0 radical (unpaired) electrons. The van der Waals surface area contributed by atoms with E-state index in [1.807, 2.05) is 20.9 Å². The molecule has 0 bridgehead atoms. The molecule has 1 unspecified atom stereocenters. The zero-order valence-electron chi connectivity index (χ0n) is 16.0. The van der Waals surface area contributed by atoms with Crippen LogP contribution in [-0.4, -0.2) is 65.4 Å². The number of carbonyl (C=O) groups is 2. The van der Waals surface area contributed by atoms with Crippen LogP contribution < -0.4 is 10.6 Å². The average molecular weight is 352 g/mol. The standard InChI is InChI=1S/C12H25FN2O2.C3H6O2.C2H6/c1-3-12(16)15-9-11(13)10-17-8-6-4-5-7-14-2;1-5-3-2-4;1-2/h11,14H,3-10H2,1-2H3,(H,15,16);2H,3H2,1H3;1-2H3. The summed E-state index contributed by atoms with van der Waals surface area (Å²) in [5, 5.41) is 5.57. The third-order valence-electron chi connectivity index (χ3n) is 2.59. The van der Waals surface area contributed by atoms with Gasteiger partial charge in [0.15, 0.2) is 0 Å². The highest BCUT2D eigenvalue weighted by Gasteiger charge is 2.07. The molecule has 0 saturated heterocycles. The maximum Gasteiger partial charge on any atom is 0.219 e. The molecular weight excluding hydrogens is 315 g/mol. The Hall–Kier alpha value is -1.05. The number of hydrogen-bond donors (Lipinski definition) is 2. The molecule has 7 heteroatoms. The monoisotopic (exact) mass is 352 g/mol. The molecule has 0 heterocycles. The molecule has 0 rings (SSSR count). The Kier molecular flexibility index (Phi) is 31.1. The second-order valence-corrected chi connectivity index (χ2v) is 4.62. The Morgan fingerprint density at radius 3 is 2.38 bits per heavy atom. The molecule has 0 saturated carbocycles. The predicted octanol–water partition coefficient (Wildman–Crippen LogP) is 2.11. The highest BCUT2D eigenvalue weighted by molar-refractivity contribution is 5.75. The first-order valence-electron chi connectivity index (χ1n) is 8.67. The van der Waals surface area contributed by atoms with Crippen LogP contribution in [0.5, 0.6) is 0 Å². The summed E-state index contributed by atoms with van der Waals surface area (Å²) >= 11 is 0. The third-order valence-corrected chi connectivity index (χ3v) is 2.59. The number of unbranched alkanes of at least 4 members (excludes halogenated alkanes) is 2. The second-order valence-electron chi connectivity index (χ2n) is 4.62. The van der Waals surface area contributed by atoms with Crippen molar-refractivity contribution in [1.29, 1.82) is 0 Å². The maximum absolute atomic E-state index is 13.2. The van der Waals surface area contributed by atoms with Crippen molar-refractivity contribution in [2.75, 3.05) is 47.1 Å². The van der Waals surface area contributed by atoms with Gasteiger partial charge in [0.2, 0.25) is 5.91 Å². The van der Waals surface area contributed by atoms with E-state index < -0.39 is 6.17 Å². The first kappa shape index (κ1) is 27.8. The molecule has 0 aromatic heterocycles. The minimum absolute atomic E-state index is 0.0480. The molecular formula is C17H37FN2O4. The van der Waals surface area contributed by atoms with Gasteiger partial charge in [-0.2, -0.15) is 0 Å². The topological polar surface area (TPSA) is 76.7 Å². The molecule has 0 aromatic rings. The summed E-state index contributed by atoms with van der Waals surface area (Å²) in [6, 6.07) is 0. The van der Waals surface area contributed by atoms with E-state index in [1.165, 1.54) is 7.11 Å². The van der Waals surface area contributed by atoms with Crippen molar-refractivity contribution in [3.8, 4) is 0 Å². The summed E-state index contributed by atoms with van der Waals surface area (Å²) in [7, 11) is 3.41. The Morgan fingerprint density at radius 1 is 1.25 bits per heavy atom. The van der Waals surface area contributed by atoms with Crippen molar-refractivity contribution in [2.24, 2.45) is 0 Å². The van der Waals surface area contributed by atoms with Crippen molar-refractivity contribution >= 4 is 12.2 Å². The predicted molar refractivity (Wildman–Crippen MR) is 96.1 cm³/mol. The molecule has 1 atom stereocenters. The summed E-state index contributed by atoms with van der Waals surface area (Å²) < 4.78 is 22.7.